The summed E-state index contributed by atoms with van der Waals surface area (Å²) in [5.41, 5.74) is 2.12. The highest BCUT2D eigenvalue weighted by atomic mass is 16.5. The molecule has 0 saturated heterocycles. The summed E-state index contributed by atoms with van der Waals surface area (Å²) in [5, 5.41) is 6.60. The summed E-state index contributed by atoms with van der Waals surface area (Å²) in [6.45, 7) is 0.114. The Hall–Kier alpha value is -3.75. The number of methoxy groups -OCH3 is 3. The topological polar surface area (TPSA) is 97.8 Å². The van der Waals surface area contributed by atoms with Crippen LogP contribution in [-0.2, 0) is 4.79 Å². The van der Waals surface area contributed by atoms with Crippen LogP contribution in [0.15, 0.2) is 30.3 Å². The Kier molecular flexibility index (Phi) is 4.71. The Bertz CT molecular complexity index is 1100. The number of anilines is 4. The third-order valence-electron chi connectivity index (χ3n) is 4.73. The maximum absolute atomic E-state index is 12.4. The van der Waals surface area contributed by atoms with Crippen molar-refractivity contribution in [2.75, 3.05) is 50.5 Å². The number of nitrogens with zero attached hydrogens (tertiary/aromatic N) is 3. The third-order valence-corrected chi connectivity index (χ3v) is 4.73. The number of amides is 1. The average Bonchev–Trinajstić information content (AvgIpc) is 2.76. The summed E-state index contributed by atoms with van der Waals surface area (Å²) in [6, 6.07) is 9.12. The molecule has 4 rings (SSSR count). The Morgan fingerprint density at radius 2 is 1.79 bits per heavy atom. The quantitative estimate of drug-likeness (QED) is 0.681. The van der Waals surface area contributed by atoms with E-state index in [9.17, 15) is 4.79 Å². The standard InChI is InChI=1S/C20H21N5O4/c1-21-20-23-13-9-17(29-4)16(28-3)8-12(13)19(24-20)25-10-18(26)22-14-7-11(27-2)5-6-15(14)25/h5-9H,10H2,1-4H3,(H,22,26)(H,21,23,24). The van der Waals surface area contributed by atoms with Gasteiger partial charge in [0.1, 0.15) is 18.1 Å². The Morgan fingerprint density at radius 3 is 2.48 bits per heavy atom. The molecule has 0 fully saturated rings. The molecule has 1 aliphatic heterocycles. The molecule has 9 nitrogen and oxygen atoms in total. The number of nitrogens with one attached hydrogen (secondary N) is 2. The third kappa shape index (κ3) is 3.20. The zero-order valence-electron chi connectivity index (χ0n) is 16.6. The summed E-state index contributed by atoms with van der Waals surface area (Å²) in [7, 11) is 6.47. The van der Waals surface area contributed by atoms with E-state index >= 15 is 0 Å². The summed E-state index contributed by atoms with van der Waals surface area (Å²) in [5.74, 6) is 2.64. The van der Waals surface area contributed by atoms with Crippen molar-refractivity contribution >= 4 is 40.0 Å². The number of hydrogen-bond donors (Lipinski definition) is 2. The maximum atomic E-state index is 12.4. The second-order valence-corrected chi connectivity index (χ2v) is 6.36. The molecule has 0 bridgehead atoms. The molecule has 29 heavy (non-hydrogen) atoms. The van der Waals surface area contributed by atoms with E-state index in [0.717, 1.165) is 11.1 Å². The lowest BCUT2D eigenvalue weighted by molar-refractivity contribution is -0.115. The van der Waals surface area contributed by atoms with Crippen molar-refractivity contribution in [3.63, 3.8) is 0 Å². The van der Waals surface area contributed by atoms with Gasteiger partial charge in [0.15, 0.2) is 11.5 Å². The van der Waals surface area contributed by atoms with E-state index < -0.39 is 0 Å². The minimum absolute atomic E-state index is 0.114. The number of ether oxygens (including phenoxy) is 3. The first-order chi connectivity index (χ1) is 14.1. The molecular formula is C20H21N5O4. The van der Waals surface area contributed by atoms with Gasteiger partial charge < -0.3 is 29.7 Å². The molecule has 0 saturated carbocycles. The van der Waals surface area contributed by atoms with Gasteiger partial charge in [-0.1, -0.05) is 0 Å². The summed E-state index contributed by atoms with van der Waals surface area (Å²) in [6.07, 6.45) is 0. The van der Waals surface area contributed by atoms with Crippen LogP contribution in [0.3, 0.4) is 0 Å². The highest BCUT2D eigenvalue weighted by Crippen LogP contribution is 2.41. The van der Waals surface area contributed by atoms with E-state index in [2.05, 4.69) is 20.6 Å². The number of carbonyl (C=O) groups excluding carboxylic acids is 1. The van der Waals surface area contributed by atoms with Crippen molar-refractivity contribution in [3.05, 3.63) is 30.3 Å². The molecule has 2 heterocycles. The number of rotatable bonds is 5. The van der Waals surface area contributed by atoms with Crippen LogP contribution in [0.25, 0.3) is 10.9 Å². The second kappa shape index (κ2) is 7.34. The van der Waals surface area contributed by atoms with Crippen LogP contribution in [0.5, 0.6) is 17.2 Å². The minimum atomic E-state index is -0.149. The Labute approximate surface area is 167 Å². The number of aromatic nitrogens is 2. The summed E-state index contributed by atoms with van der Waals surface area (Å²) >= 11 is 0. The fraction of sp³-hybridized carbons (Fsp3) is 0.250. The lowest BCUT2D eigenvalue weighted by Crippen LogP contribution is -2.35. The zero-order chi connectivity index (χ0) is 20.5. The van der Waals surface area contributed by atoms with Crippen LogP contribution in [0, 0.1) is 0 Å². The molecule has 0 atom stereocenters. The number of fused-ring (bicyclic) bond motifs is 2. The molecule has 1 aromatic heterocycles. The normalized spacial score (nSPS) is 13.0. The lowest BCUT2D eigenvalue weighted by atomic mass is 10.1. The second-order valence-electron chi connectivity index (χ2n) is 6.36. The van der Waals surface area contributed by atoms with Gasteiger partial charge in [0.2, 0.25) is 11.9 Å². The van der Waals surface area contributed by atoms with Crippen molar-refractivity contribution in [1.29, 1.82) is 0 Å². The summed E-state index contributed by atoms with van der Waals surface area (Å²) in [4.78, 5) is 23.5. The van der Waals surface area contributed by atoms with Gasteiger partial charge in [0.05, 0.1) is 38.2 Å². The van der Waals surface area contributed by atoms with Crippen LogP contribution in [0.1, 0.15) is 0 Å². The van der Waals surface area contributed by atoms with Gasteiger partial charge >= 0.3 is 0 Å². The molecule has 1 aliphatic rings. The van der Waals surface area contributed by atoms with Crippen molar-refractivity contribution in [3.8, 4) is 17.2 Å². The Balaban J connectivity index is 1.97. The summed E-state index contributed by atoms with van der Waals surface area (Å²) < 4.78 is 16.1. The zero-order valence-corrected chi connectivity index (χ0v) is 16.6. The number of benzene rings is 2. The highest BCUT2D eigenvalue weighted by Gasteiger charge is 2.27. The minimum Gasteiger partial charge on any atom is -0.497 e. The van der Waals surface area contributed by atoms with Gasteiger partial charge in [-0.2, -0.15) is 4.98 Å². The molecule has 0 radical (unpaired) electrons. The first-order valence-electron chi connectivity index (χ1n) is 8.95. The molecule has 0 unspecified atom stereocenters. The van der Waals surface area contributed by atoms with Crippen molar-refractivity contribution in [2.45, 2.75) is 0 Å². The fourth-order valence-electron chi connectivity index (χ4n) is 3.34. The number of hydrogen-bond acceptors (Lipinski definition) is 8. The van der Waals surface area contributed by atoms with Gasteiger partial charge in [0.25, 0.3) is 0 Å². The van der Waals surface area contributed by atoms with E-state index in [-0.39, 0.29) is 12.5 Å². The molecule has 0 aliphatic carbocycles. The van der Waals surface area contributed by atoms with Crippen molar-refractivity contribution < 1.29 is 19.0 Å². The molecule has 150 valence electrons. The number of carbonyl (C=O) groups is 1. The van der Waals surface area contributed by atoms with Gasteiger partial charge in [-0.05, 0) is 18.2 Å². The molecule has 2 N–H and O–H groups in total. The predicted molar refractivity (Wildman–Crippen MR) is 111 cm³/mol. The van der Waals surface area contributed by atoms with Crippen LogP contribution in [0.2, 0.25) is 0 Å². The smallest absolute Gasteiger partial charge is 0.244 e. The monoisotopic (exact) mass is 395 g/mol. The largest absolute Gasteiger partial charge is 0.497 e. The van der Waals surface area contributed by atoms with Crippen LogP contribution in [0.4, 0.5) is 23.1 Å². The van der Waals surface area contributed by atoms with E-state index in [4.69, 9.17) is 14.2 Å². The van der Waals surface area contributed by atoms with Crippen molar-refractivity contribution in [2.24, 2.45) is 0 Å². The van der Waals surface area contributed by atoms with Gasteiger partial charge in [-0.3, -0.25) is 4.79 Å². The van der Waals surface area contributed by atoms with Gasteiger partial charge in [-0.25, -0.2) is 4.98 Å². The maximum Gasteiger partial charge on any atom is 0.244 e. The molecule has 9 heteroatoms. The van der Waals surface area contributed by atoms with Crippen LogP contribution < -0.4 is 29.7 Å². The molecule has 1 amide bonds. The van der Waals surface area contributed by atoms with Crippen LogP contribution in [-0.4, -0.2) is 50.8 Å². The SMILES string of the molecule is CNc1nc(N2CC(=O)Nc3cc(OC)ccc32)c2cc(OC)c(OC)cc2n1. The fourth-order valence-corrected chi connectivity index (χ4v) is 3.34. The molecule has 3 aromatic rings. The first kappa shape index (κ1) is 18.6. The van der Waals surface area contributed by atoms with Crippen LogP contribution >= 0.6 is 0 Å². The van der Waals surface area contributed by atoms with Crippen molar-refractivity contribution in [1.82, 2.24) is 9.97 Å². The Morgan fingerprint density at radius 1 is 1.03 bits per heavy atom. The first-order valence-corrected chi connectivity index (χ1v) is 8.95. The lowest BCUT2D eigenvalue weighted by Gasteiger charge is -2.31. The molecule has 2 aromatic carbocycles. The van der Waals surface area contributed by atoms with E-state index in [1.807, 2.05) is 23.1 Å². The molecule has 0 spiro atoms. The van der Waals surface area contributed by atoms with Gasteiger partial charge in [0, 0.05) is 24.6 Å². The van der Waals surface area contributed by atoms with Gasteiger partial charge in [-0.15, -0.1) is 0 Å². The predicted octanol–water partition coefficient (Wildman–Crippen LogP) is 2.79. The average molecular weight is 395 g/mol. The molecular weight excluding hydrogens is 374 g/mol. The van der Waals surface area contributed by atoms with E-state index in [1.54, 1.807) is 40.5 Å². The van der Waals surface area contributed by atoms with E-state index in [1.165, 1.54) is 0 Å². The highest BCUT2D eigenvalue weighted by molar-refractivity contribution is 6.06. The van der Waals surface area contributed by atoms with E-state index in [0.29, 0.717) is 40.2 Å².